The first-order valence-electron chi connectivity index (χ1n) is 8.80. The van der Waals surface area contributed by atoms with Crippen molar-refractivity contribution in [3.05, 3.63) is 90.1 Å². The summed E-state index contributed by atoms with van der Waals surface area (Å²) >= 11 is 1.66. The van der Waals surface area contributed by atoms with Gasteiger partial charge < -0.3 is 10.1 Å². The summed E-state index contributed by atoms with van der Waals surface area (Å²) in [6, 6.07) is 23.6. The van der Waals surface area contributed by atoms with Crippen molar-refractivity contribution in [3.8, 4) is 0 Å². The molecule has 1 heterocycles. The lowest BCUT2D eigenvalue weighted by molar-refractivity contribution is -0.127. The zero-order chi connectivity index (χ0) is 18.9. The summed E-state index contributed by atoms with van der Waals surface area (Å²) < 4.78 is 5.67. The molecule has 0 saturated heterocycles. The second-order valence-electron chi connectivity index (χ2n) is 6.09. The topological polar surface area (TPSA) is 51.2 Å². The molecule has 1 aromatic heterocycles. The molecule has 1 unspecified atom stereocenters. The van der Waals surface area contributed by atoms with Gasteiger partial charge in [0.1, 0.15) is 6.10 Å². The van der Waals surface area contributed by atoms with E-state index in [9.17, 15) is 4.79 Å². The zero-order valence-electron chi connectivity index (χ0n) is 15.2. The van der Waals surface area contributed by atoms with E-state index in [2.05, 4.69) is 10.3 Å². The first-order valence-corrected chi connectivity index (χ1v) is 9.78. The largest absolute Gasteiger partial charge is 0.364 e. The van der Waals surface area contributed by atoms with E-state index in [0.29, 0.717) is 6.61 Å². The fourth-order valence-electron chi connectivity index (χ4n) is 2.44. The van der Waals surface area contributed by atoms with Crippen molar-refractivity contribution in [1.29, 1.82) is 0 Å². The molecule has 0 radical (unpaired) electrons. The molecule has 1 amide bonds. The van der Waals surface area contributed by atoms with Crippen LogP contribution in [-0.4, -0.2) is 17.0 Å². The summed E-state index contributed by atoms with van der Waals surface area (Å²) in [6.07, 6.45) is 1.26. The molecule has 138 valence electrons. The Morgan fingerprint density at radius 3 is 2.59 bits per heavy atom. The molecule has 1 atom stereocenters. The SMILES string of the molecule is CC(OCc1ccccc1)C(=O)Nc1cccc(CSc2ccccn2)c1. The Kier molecular flexibility index (Phi) is 7.02. The summed E-state index contributed by atoms with van der Waals surface area (Å²) in [6.45, 7) is 2.18. The van der Waals surface area contributed by atoms with Gasteiger partial charge in [-0.05, 0) is 42.3 Å². The third-order valence-electron chi connectivity index (χ3n) is 3.93. The summed E-state index contributed by atoms with van der Waals surface area (Å²) in [5, 5.41) is 3.91. The Morgan fingerprint density at radius 2 is 1.81 bits per heavy atom. The average molecular weight is 378 g/mol. The van der Waals surface area contributed by atoms with E-state index >= 15 is 0 Å². The summed E-state index contributed by atoms with van der Waals surface area (Å²) in [5.74, 6) is 0.640. The molecule has 0 aliphatic heterocycles. The molecule has 0 aliphatic carbocycles. The molecule has 3 aromatic rings. The number of benzene rings is 2. The lowest BCUT2D eigenvalue weighted by Crippen LogP contribution is -2.27. The molecule has 0 spiro atoms. The van der Waals surface area contributed by atoms with Crippen molar-refractivity contribution in [2.45, 2.75) is 30.4 Å². The van der Waals surface area contributed by atoms with Crippen LogP contribution in [0, 0.1) is 0 Å². The standard InChI is InChI=1S/C22H22N2O2S/c1-17(26-15-18-8-3-2-4-9-18)22(25)24-20-11-7-10-19(14-20)16-27-21-12-5-6-13-23-21/h2-14,17H,15-16H2,1H3,(H,24,25). The van der Waals surface area contributed by atoms with Crippen LogP contribution < -0.4 is 5.32 Å². The van der Waals surface area contributed by atoms with Gasteiger partial charge in [-0.2, -0.15) is 0 Å². The predicted molar refractivity (Wildman–Crippen MR) is 110 cm³/mol. The highest BCUT2D eigenvalue weighted by atomic mass is 32.2. The van der Waals surface area contributed by atoms with Gasteiger partial charge in [0.2, 0.25) is 0 Å². The summed E-state index contributed by atoms with van der Waals surface area (Å²) in [4.78, 5) is 16.7. The molecule has 1 N–H and O–H groups in total. The average Bonchev–Trinajstić information content (AvgIpc) is 2.72. The van der Waals surface area contributed by atoms with Gasteiger partial charge in [-0.15, -0.1) is 11.8 Å². The number of anilines is 1. The molecule has 0 aliphatic rings. The maximum atomic E-state index is 12.4. The van der Waals surface area contributed by atoms with Gasteiger partial charge in [-0.25, -0.2) is 4.98 Å². The number of carbonyl (C=O) groups is 1. The summed E-state index contributed by atoms with van der Waals surface area (Å²) in [7, 11) is 0. The third kappa shape index (κ3) is 6.24. The number of rotatable bonds is 8. The van der Waals surface area contributed by atoms with Crippen LogP contribution in [-0.2, 0) is 21.9 Å². The third-order valence-corrected chi connectivity index (χ3v) is 4.95. The number of nitrogens with zero attached hydrogens (tertiary/aromatic N) is 1. The van der Waals surface area contributed by atoms with Crippen molar-refractivity contribution in [2.75, 3.05) is 5.32 Å². The van der Waals surface area contributed by atoms with Gasteiger partial charge in [0.05, 0.1) is 11.6 Å². The lowest BCUT2D eigenvalue weighted by Gasteiger charge is -2.14. The van der Waals surface area contributed by atoms with Crippen LogP contribution in [0.15, 0.2) is 84.0 Å². The van der Waals surface area contributed by atoms with E-state index in [4.69, 9.17) is 4.74 Å². The normalized spacial score (nSPS) is 11.7. The second-order valence-corrected chi connectivity index (χ2v) is 7.08. The van der Waals surface area contributed by atoms with E-state index in [1.165, 1.54) is 0 Å². The first-order chi connectivity index (χ1) is 13.2. The molecule has 0 saturated carbocycles. The Hall–Kier alpha value is -2.63. The quantitative estimate of drug-likeness (QED) is 0.566. The summed E-state index contributed by atoms with van der Waals surface area (Å²) in [5.41, 5.74) is 2.95. The highest BCUT2D eigenvalue weighted by Gasteiger charge is 2.14. The number of amides is 1. The van der Waals surface area contributed by atoms with E-state index < -0.39 is 6.10 Å². The maximum Gasteiger partial charge on any atom is 0.253 e. The lowest BCUT2D eigenvalue weighted by atomic mass is 10.2. The Labute approximate surface area is 164 Å². The minimum atomic E-state index is -0.531. The van der Waals surface area contributed by atoms with Crippen molar-refractivity contribution in [1.82, 2.24) is 4.98 Å². The Balaban J connectivity index is 1.51. The number of pyridine rings is 1. The zero-order valence-corrected chi connectivity index (χ0v) is 16.0. The van der Waals surface area contributed by atoms with Gasteiger partial charge in [-0.1, -0.05) is 48.5 Å². The molecule has 3 rings (SSSR count). The van der Waals surface area contributed by atoms with E-state index in [-0.39, 0.29) is 5.91 Å². The van der Waals surface area contributed by atoms with Crippen molar-refractivity contribution < 1.29 is 9.53 Å². The number of hydrogen-bond donors (Lipinski definition) is 1. The predicted octanol–water partition coefficient (Wildman–Crippen LogP) is 4.92. The van der Waals surface area contributed by atoms with Crippen LogP contribution >= 0.6 is 11.8 Å². The van der Waals surface area contributed by atoms with Crippen LogP contribution in [0.4, 0.5) is 5.69 Å². The fourth-order valence-corrected chi connectivity index (χ4v) is 3.25. The molecule has 5 heteroatoms. The smallest absolute Gasteiger partial charge is 0.253 e. The Bertz CT molecular complexity index is 856. The number of hydrogen-bond acceptors (Lipinski definition) is 4. The monoisotopic (exact) mass is 378 g/mol. The number of nitrogens with one attached hydrogen (secondary N) is 1. The van der Waals surface area contributed by atoms with Gasteiger partial charge in [0.15, 0.2) is 0 Å². The van der Waals surface area contributed by atoms with Crippen molar-refractivity contribution >= 4 is 23.4 Å². The number of ether oxygens (including phenoxy) is 1. The first kappa shape index (κ1) is 19.1. The van der Waals surface area contributed by atoms with E-state index in [0.717, 1.165) is 27.6 Å². The fraction of sp³-hybridized carbons (Fsp3) is 0.182. The molecule has 27 heavy (non-hydrogen) atoms. The molecular weight excluding hydrogens is 356 g/mol. The van der Waals surface area contributed by atoms with E-state index in [1.54, 1.807) is 24.9 Å². The van der Waals surface area contributed by atoms with Gasteiger partial charge >= 0.3 is 0 Å². The minimum Gasteiger partial charge on any atom is -0.364 e. The van der Waals surface area contributed by atoms with Gasteiger partial charge in [-0.3, -0.25) is 4.79 Å². The van der Waals surface area contributed by atoms with Crippen LogP contribution in [0.2, 0.25) is 0 Å². The molecule has 4 nitrogen and oxygen atoms in total. The van der Waals surface area contributed by atoms with Crippen LogP contribution in [0.1, 0.15) is 18.1 Å². The Morgan fingerprint density at radius 1 is 1.04 bits per heavy atom. The molecular formula is C22H22N2O2S. The van der Waals surface area contributed by atoms with Crippen molar-refractivity contribution in [2.24, 2.45) is 0 Å². The minimum absolute atomic E-state index is 0.152. The van der Waals surface area contributed by atoms with Gasteiger partial charge in [0.25, 0.3) is 5.91 Å². The van der Waals surface area contributed by atoms with Crippen molar-refractivity contribution in [3.63, 3.8) is 0 Å². The van der Waals surface area contributed by atoms with Crippen LogP contribution in [0.25, 0.3) is 0 Å². The van der Waals surface area contributed by atoms with Crippen LogP contribution in [0.5, 0.6) is 0 Å². The highest BCUT2D eigenvalue weighted by Crippen LogP contribution is 2.22. The number of aromatic nitrogens is 1. The number of carbonyl (C=O) groups excluding carboxylic acids is 1. The maximum absolute atomic E-state index is 12.4. The number of thioether (sulfide) groups is 1. The highest BCUT2D eigenvalue weighted by molar-refractivity contribution is 7.98. The molecule has 0 bridgehead atoms. The molecule has 2 aromatic carbocycles. The van der Waals surface area contributed by atoms with Gasteiger partial charge in [0, 0.05) is 17.6 Å². The second kappa shape index (κ2) is 9.90. The molecule has 0 fully saturated rings. The van der Waals surface area contributed by atoms with Crippen LogP contribution in [0.3, 0.4) is 0 Å². The van der Waals surface area contributed by atoms with E-state index in [1.807, 2.05) is 72.8 Å².